The van der Waals surface area contributed by atoms with E-state index >= 15 is 0 Å². The molecule has 0 heterocycles. The lowest BCUT2D eigenvalue weighted by molar-refractivity contribution is -0.120. The van der Waals surface area contributed by atoms with Crippen LogP contribution in [0.1, 0.15) is 30.4 Å². The number of rotatable bonds is 7. The number of aliphatic hydroxyl groups excluding tert-OH is 1. The summed E-state index contributed by atoms with van der Waals surface area (Å²) in [4.78, 5) is 11.6. The Balaban J connectivity index is 2.21. The monoisotopic (exact) mass is 235 g/mol. The lowest BCUT2D eigenvalue weighted by atomic mass is 10.1. The van der Waals surface area contributed by atoms with Crippen molar-refractivity contribution in [2.75, 3.05) is 13.2 Å². The van der Waals surface area contributed by atoms with Crippen molar-refractivity contribution in [3.8, 4) is 0 Å². The largest absolute Gasteiger partial charge is 0.396 e. The van der Waals surface area contributed by atoms with Gasteiger partial charge in [0.2, 0.25) is 5.91 Å². The Labute approximate surface area is 103 Å². The topological polar surface area (TPSA) is 49.3 Å². The van der Waals surface area contributed by atoms with Crippen LogP contribution in [0.15, 0.2) is 24.3 Å². The predicted molar refractivity (Wildman–Crippen MR) is 68.8 cm³/mol. The standard InChI is InChI=1S/C14H21NO2/c1-12-6-5-7-13(10-12)11-14(17)15-8-3-2-4-9-16/h5-7,10,16H,2-4,8-9,11H2,1H3,(H,15,17). The zero-order valence-electron chi connectivity index (χ0n) is 10.4. The van der Waals surface area contributed by atoms with Gasteiger partial charge in [0.25, 0.3) is 0 Å². The van der Waals surface area contributed by atoms with E-state index in [0.717, 1.165) is 24.8 Å². The third-order valence-electron chi connectivity index (χ3n) is 2.60. The molecule has 0 fully saturated rings. The van der Waals surface area contributed by atoms with E-state index in [1.165, 1.54) is 5.56 Å². The fourth-order valence-corrected chi connectivity index (χ4v) is 1.71. The van der Waals surface area contributed by atoms with Gasteiger partial charge in [0.15, 0.2) is 0 Å². The van der Waals surface area contributed by atoms with Gasteiger partial charge >= 0.3 is 0 Å². The Kier molecular flexibility index (Phi) is 6.33. The SMILES string of the molecule is Cc1cccc(CC(=O)NCCCCCO)c1. The molecule has 1 aromatic carbocycles. The minimum atomic E-state index is 0.0691. The normalized spacial score (nSPS) is 10.2. The molecule has 3 nitrogen and oxygen atoms in total. The summed E-state index contributed by atoms with van der Waals surface area (Å²) >= 11 is 0. The van der Waals surface area contributed by atoms with Crippen molar-refractivity contribution in [3.63, 3.8) is 0 Å². The Morgan fingerprint density at radius 2 is 2.12 bits per heavy atom. The zero-order chi connectivity index (χ0) is 12.5. The maximum Gasteiger partial charge on any atom is 0.224 e. The summed E-state index contributed by atoms with van der Waals surface area (Å²) in [5, 5.41) is 11.5. The van der Waals surface area contributed by atoms with Crippen molar-refractivity contribution in [3.05, 3.63) is 35.4 Å². The van der Waals surface area contributed by atoms with E-state index in [4.69, 9.17) is 5.11 Å². The third kappa shape index (κ3) is 6.07. The molecule has 1 aromatic rings. The molecule has 1 amide bonds. The molecule has 0 aromatic heterocycles. The van der Waals surface area contributed by atoms with Gasteiger partial charge in [-0.2, -0.15) is 0 Å². The van der Waals surface area contributed by atoms with Crippen molar-refractivity contribution >= 4 is 5.91 Å². The van der Waals surface area contributed by atoms with Crippen LogP contribution < -0.4 is 5.32 Å². The average molecular weight is 235 g/mol. The lowest BCUT2D eigenvalue weighted by Crippen LogP contribution is -2.26. The van der Waals surface area contributed by atoms with Crippen LogP contribution >= 0.6 is 0 Å². The average Bonchev–Trinajstić information content (AvgIpc) is 2.29. The second kappa shape index (κ2) is 7.85. The second-order valence-corrected chi connectivity index (χ2v) is 4.30. The van der Waals surface area contributed by atoms with Crippen molar-refractivity contribution in [2.24, 2.45) is 0 Å². The zero-order valence-corrected chi connectivity index (χ0v) is 10.4. The molecule has 94 valence electrons. The Morgan fingerprint density at radius 3 is 2.82 bits per heavy atom. The first-order valence-electron chi connectivity index (χ1n) is 6.15. The number of aryl methyl sites for hydroxylation is 1. The van der Waals surface area contributed by atoms with E-state index in [-0.39, 0.29) is 12.5 Å². The molecule has 0 unspecified atom stereocenters. The van der Waals surface area contributed by atoms with Crippen LogP contribution in [-0.4, -0.2) is 24.2 Å². The van der Waals surface area contributed by atoms with Gasteiger partial charge in [0.1, 0.15) is 0 Å². The maximum atomic E-state index is 11.6. The van der Waals surface area contributed by atoms with Crippen LogP contribution in [0.25, 0.3) is 0 Å². The van der Waals surface area contributed by atoms with Gasteiger partial charge in [-0.25, -0.2) is 0 Å². The van der Waals surface area contributed by atoms with Crippen LogP contribution in [0.2, 0.25) is 0 Å². The molecule has 0 aliphatic rings. The third-order valence-corrected chi connectivity index (χ3v) is 2.60. The van der Waals surface area contributed by atoms with Gasteiger partial charge < -0.3 is 10.4 Å². The highest BCUT2D eigenvalue weighted by atomic mass is 16.2. The summed E-state index contributed by atoms with van der Waals surface area (Å²) in [6, 6.07) is 8.00. The van der Waals surface area contributed by atoms with Crippen LogP contribution in [0.5, 0.6) is 0 Å². The van der Waals surface area contributed by atoms with E-state index < -0.39 is 0 Å². The number of nitrogens with one attached hydrogen (secondary N) is 1. The Bertz CT molecular complexity index is 350. The summed E-state index contributed by atoms with van der Waals surface area (Å²) in [5.74, 6) is 0.0691. The van der Waals surface area contributed by atoms with Gasteiger partial charge in [-0.15, -0.1) is 0 Å². The molecule has 0 bridgehead atoms. The van der Waals surface area contributed by atoms with Crippen LogP contribution in [-0.2, 0) is 11.2 Å². The number of unbranched alkanes of at least 4 members (excludes halogenated alkanes) is 2. The van der Waals surface area contributed by atoms with E-state index in [1.807, 2.05) is 31.2 Å². The maximum absolute atomic E-state index is 11.6. The number of carbonyl (C=O) groups is 1. The highest BCUT2D eigenvalue weighted by Gasteiger charge is 2.02. The minimum absolute atomic E-state index is 0.0691. The number of carbonyl (C=O) groups excluding carboxylic acids is 1. The van der Waals surface area contributed by atoms with Crippen molar-refractivity contribution in [1.82, 2.24) is 5.32 Å². The van der Waals surface area contributed by atoms with E-state index in [0.29, 0.717) is 13.0 Å². The summed E-state index contributed by atoms with van der Waals surface area (Å²) in [6.07, 6.45) is 3.15. The van der Waals surface area contributed by atoms with Gasteiger partial charge in [-0.3, -0.25) is 4.79 Å². The van der Waals surface area contributed by atoms with Crippen LogP contribution in [0.3, 0.4) is 0 Å². The Morgan fingerprint density at radius 1 is 1.29 bits per heavy atom. The molecule has 17 heavy (non-hydrogen) atoms. The summed E-state index contributed by atoms with van der Waals surface area (Å²) in [7, 11) is 0. The first kappa shape index (κ1) is 13.7. The highest BCUT2D eigenvalue weighted by Crippen LogP contribution is 2.04. The second-order valence-electron chi connectivity index (χ2n) is 4.30. The van der Waals surface area contributed by atoms with Crippen LogP contribution in [0, 0.1) is 6.92 Å². The quantitative estimate of drug-likeness (QED) is 0.708. The highest BCUT2D eigenvalue weighted by molar-refractivity contribution is 5.78. The van der Waals surface area contributed by atoms with Gasteiger partial charge in [0.05, 0.1) is 6.42 Å². The fourth-order valence-electron chi connectivity index (χ4n) is 1.71. The van der Waals surface area contributed by atoms with Crippen molar-refractivity contribution < 1.29 is 9.90 Å². The lowest BCUT2D eigenvalue weighted by Gasteiger charge is -2.05. The van der Waals surface area contributed by atoms with Crippen molar-refractivity contribution in [2.45, 2.75) is 32.6 Å². The summed E-state index contributed by atoms with van der Waals surface area (Å²) in [6.45, 7) is 2.96. The molecule has 0 aliphatic carbocycles. The first-order chi connectivity index (χ1) is 8.22. The molecular weight excluding hydrogens is 214 g/mol. The fraction of sp³-hybridized carbons (Fsp3) is 0.500. The molecule has 0 atom stereocenters. The summed E-state index contributed by atoms with van der Waals surface area (Å²) in [5.41, 5.74) is 2.23. The van der Waals surface area contributed by atoms with Gasteiger partial charge in [-0.05, 0) is 31.7 Å². The molecule has 0 saturated carbocycles. The first-order valence-corrected chi connectivity index (χ1v) is 6.15. The molecule has 0 saturated heterocycles. The number of hydrogen-bond acceptors (Lipinski definition) is 2. The van der Waals surface area contributed by atoms with E-state index in [2.05, 4.69) is 5.32 Å². The molecule has 3 heteroatoms. The minimum Gasteiger partial charge on any atom is -0.396 e. The molecule has 0 radical (unpaired) electrons. The van der Waals surface area contributed by atoms with Gasteiger partial charge in [0, 0.05) is 13.2 Å². The number of aliphatic hydroxyl groups is 1. The van der Waals surface area contributed by atoms with Crippen molar-refractivity contribution in [1.29, 1.82) is 0 Å². The summed E-state index contributed by atoms with van der Waals surface area (Å²) < 4.78 is 0. The van der Waals surface area contributed by atoms with Gasteiger partial charge in [-0.1, -0.05) is 29.8 Å². The molecule has 1 rings (SSSR count). The number of amides is 1. The van der Waals surface area contributed by atoms with E-state index in [1.54, 1.807) is 0 Å². The predicted octanol–water partition coefficient (Wildman–Crippen LogP) is 1.82. The Hall–Kier alpha value is -1.35. The molecule has 0 spiro atoms. The molecular formula is C14H21NO2. The van der Waals surface area contributed by atoms with Crippen LogP contribution in [0.4, 0.5) is 0 Å². The van der Waals surface area contributed by atoms with E-state index in [9.17, 15) is 4.79 Å². The number of hydrogen-bond donors (Lipinski definition) is 2. The molecule has 0 aliphatic heterocycles. The smallest absolute Gasteiger partial charge is 0.224 e. The number of benzene rings is 1. The molecule has 2 N–H and O–H groups in total.